The van der Waals surface area contributed by atoms with E-state index in [2.05, 4.69) is 27.0 Å². The minimum absolute atomic E-state index is 0.0182. The lowest BCUT2D eigenvalue weighted by Crippen LogP contribution is -2.54. The molecule has 0 unspecified atom stereocenters. The predicted octanol–water partition coefficient (Wildman–Crippen LogP) is 4.55. The Labute approximate surface area is 180 Å². The lowest BCUT2D eigenvalue weighted by molar-refractivity contribution is 0.0988. The Morgan fingerprint density at radius 1 is 1.00 bits per heavy atom. The first-order chi connectivity index (χ1) is 15.2. The highest BCUT2D eigenvalue weighted by molar-refractivity contribution is 5.96. The fourth-order valence-corrected chi connectivity index (χ4v) is 3.72. The number of ketones is 1. The fraction of sp³-hybridized carbons (Fsp3) is 0.200. The summed E-state index contributed by atoms with van der Waals surface area (Å²) in [4.78, 5) is 27.7. The van der Waals surface area contributed by atoms with Gasteiger partial charge in [0, 0.05) is 35.3 Å². The average molecular weight is 410 g/mol. The van der Waals surface area contributed by atoms with E-state index in [1.54, 1.807) is 12.4 Å². The number of nitrogens with zero attached hydrogens (tertiary/aromatic N) is 4. The first-order valence-electron chi connectivity index (χ1n) is 10.4. The van der Waals surface area contributed by atoms with Gasteiger partial charge in [-0.15, -0.1) is 0 Å². The second-order valence-electron chi connectivity index (χ2n) is 7.57. The third kappa shape index (κ3) is 3.84. The molecule has 1 aliphatic heterocycles. The number of hydrogen-bond acceptors (Lipinski definition) is 6. The number of para-hydroxylation sites is 1. The minimum Gasteiger partial charge on any atom is -0.469 e. The Hall–Kier alpha value is -3.80. The first kappa shape index (κ1) is 19.2. The monoisotopic (exact) mass is 410 g/mol. The highest BCUT2D eigenvalue weighted by Crippen LogP contribution is 2.29. The lowest BCUT2D eigenvalue weighted by Gasteiger charge is -2.39. The molecule has 31 heavy (non-hydrogen) atoms. The smallest absolute Gasteiger partial charge is 0.240 e. The SMILES string of the molecule is CCC(=O)c1ccc(-c2nccnc2OC2CN(c3ccc4ccccc4n3)C2)cc1. The maximum atomic E-state index is 11.9. The third-order valence-electron chi connectivity index (χ3n) is 5.50. The van der Waals surface area contributed by atoms with Gasteiger partial charge in [-0.3, -0.25) is 4.79 Å². The van der Waals surface area contributed by atoms with Crippen LogP contribution in [0.15, 0.2) is 73.1 Å². The molecule has 0 saturated carbocycles. The summed E-state index contributed by atoms with van der Waals surface area (Å²) in [5.41, 5.74) is 3.25. The van der Waals surface area contributed by atoms with Gasteiger partial charge >= 0.3 is 0 Å². The van der Waals surface area contributed by atoms with Gasteiger partial charge < -0.3 is 9.64 Å². The molecule has 6 heteroatoms. The molecule has 0 aliphatic carbocycles. The maximum absolute atomic E-state index is 11.9. The number of aromatic nitrogens is 3. The summed E-state index contributed by atoms with van der Waals surface area (Å²) < 4.78 is 6.16. The van der Waals surface area contributed by atoms with Crippen LogP contribution in [0.1, 0.15) is 23.7 Å². The summed E-state index contributed by atoms with van der Waals surface area (Å²) in [6.45, 7) is 3.34. The molecule has 154 valence electrons. The van der Waals surface area contributed by atoms with Crippen molar-refractivity contribution in [3.05, 3.63) is 78.6 Å². The van der Waals surface area contributed by atoms with E-state index in [-0.39, 0.29) is 11.9 Å². The summed E-state index contributed by atoms with van der Waals surface area (Å²) in [5.74, 6) is 1.58. The molecule has 1 fully saturated rings. The van der Waals surface area contributed by atoms with E-state index in [1.807, 2.05) is 55.5 Å². The Bertz CT molecular complexity index is 1230. The van der Waals surface area contributed by atoms with E-state index in [0.717, 1.165) is 35.4 Å². The summed E-state index contributed by atoms with van der Waals surface area (Å²) in [7, 11) is 0. The number of fused-ring (bicyclic) bond motifs is 1. The standard InChI is InChI=1S/C25H22N4O2/c1-2-22(30)18-7-9-19(10-8-18)24-25(27-14-13-26-24)31-20-15-29(16-20)23-12-11-17-5-3-4-6-21(17)28-23/h3-14,20H,2,15-16H2,1H3. The van der Waals surface area contributed by atoms with Gasteiger partial charge in [-0.25, -0.2) is 15.0 Å². The van der Waals surface area contributed by atoms with Crippen molar-refractivity contribution in [1.29, 1.82) is 0 Å². The zero-order valence-electron chi connectivity index (χ0n) is 17.2. The van der Waals surface area contributed by atoms with Crippen molar-refractivity contribution in [2.75, 3.05) is 18.0 Å². The van der Waals surface area contributed by atoms with Gasteiger partial charge in [-0.05, 0) is 18.2 Å². The van der Waals surface area contributed by atoms with E-state index in [0.29, 0.717) is 23.6 Å². The average Bonchev–Trinajstić information content (AvgIpc) is 2.80. The third-order valence-corrected chi connectivity index (χ3v) is 5.50. The van der Waals surface area contributed by atoms with Crippen LogP contribution < -0.4 is 9.64 Å². The van der Waals surface area contributed by atoms with Crippen LogP contribution in [0, 0.1) is 0 Å². The summed E-state index contributed by atoms with van der Waals surface area (Å²) in [6.07, 6.45) is 3.79. The first-order valence-corrected chi connectivity index (χ1v) is 10.4. The van der Waals surface area contributed by atoms with Crippen LogP contribution in [-0.2, 0) is 0 Å². The normalized spacial score (nSPS) is 13.8. The van der Waals surface area contributed by atoms with Gasteiger partial charge in [-0.1, -0.05) is 49.4 Å². The molecule has 0 radical (unpaired) electrons. The zero-order valence-corrected chi connectivity index (χ0v) is 17.2. The van der Waals surface area contributed by atoms with Crippen LogP contribution in [0.5, 0.6) is 5.88 Å². The van der Waals surface area contributed by atoms with Gasteiger partial charge in [0.2, 0.25) is 5.88 Å². The highest BCUT2D eigenvalue weighted by atomic mass is 16.5. The van der Waals surface area contributed by atoms with E-state index in [9.17, 15) is 4.79 Å². The van der Waals surface area contributed by atoms with Crippen LogP contribution in [0.2, 0.25) is 0 Å². The van der Waals surface area contributed by atoms with Gasteiger partial charge in [0.05, 0.1) is 18.6 Å². The molecule has 5 rings (SSSR count). The van der Waals surface area contributed by atoms with Crippen LogP contribution in [-0.4, -0.2) is 39.9 Å². The second-order valence-corrected chi connectivity index (χ2v) is 7.57. The Morgan fingerprint density at radius 3 is 2.58 bits per heavy atom. The second kappa shape index (κ2) is 8.14. The molecule has 6 nitrogen and oxygen atoms in total. The summed E-state index contributed by atoms with van der Waals surface area (Å²) in [6, 6.07) is 19.7. The van der Waals surface area contributed by atoms with Crippen molar-refractivity contribution in [3.8, 4) is 17.1 Å². The Kier molecular flexibility index (Phi) is 5.04. The molecule has 1 aliphatic rings. The molecule has 0 atom stereocenters. The number of carbonyl (C=O) groups excluding carboxylic acids is 1. The number of Topliss-reactive ketones (excluding diaryl/α,β-unsaturated/α-hetero) is 1. The minimum atomic E-state index is 0.0182. The van der Waals surface area contributed by atoms with Crippen LogP contribution in [0.4, 0.5) is 5.82 Å². The molecular formula is C25H22N4O2. The van der Waals surface area contributed by atoms with E-state index < -0.39 is 0 Å². The number of ether oxygens (including phenoxy) is 1. The van der Waals surface area contributed by atoms with Crippen LogP contribution >= 0.6 is 0 Å². The molecule has 2 aromatic heterocycles. The predicted molar refractivity (Wildman–Crippen MR) is 120 cm³/mol. The topological polar surface area (TPSA) is 68.2 Å². The maximum Gasteiger partial charge on any atom is 0.240 e. The van der Waals surface area contributed by atoms with Gasteiger partial charge in [0.25, 0.3) is 0 Å². The molecule has 3 heterocycles. The highest BCUT2D eigenvalue weighted by Gasteiger charge is 2.31. The molecule has 2 aromatic carbocycles. The van der Waals surface area contributed by atoms with E-state index in [1.165, 1.54) is 0 Å². The molecular weight excluding hydrogens is 388 g/mol. The Morgan fingerprint density at radius 2 is 1.77 bits per heavy atom. The van der Waals surface area contributed by atoms with Crippen molar-refractivity contribution in [1.82, 2.24) is 15.0 Å². The fourth-order valence-electron chi connectivity index (χ4n) is 3.72. The molecule has 1 saturated heterocycles. The summed E-state index contributed by atoms with van der Waals surface area (Å²) in [5, 5.41) is 1.13. The van der Waals surface area contributed by atoms with Crippen molar-refractivity contribution in [2.24, 2.45) is 0 Å². The molecule has 0 amide bonds. The number of carbonyl (C=O) groups is 1. The molecule has 0 spiro atoms. The molecule has 0 bridgehead atoms. The number of rotatable bonds is 6. The van der Waals surface area contributed by atoms with Crippen molar-refractivity contribution in [2.45, 2.75) is 19.4 Å². The van der Waals surface area contributed by atoms with Crippen molar-refractivity contribution in [3.63, 3.8) is 0 Å². The Balaban J connectivity index is 1.29. The number of pyridine rings is 1. The molecule has 0 N–H and O–H groups in total. The van der Waals surface area contributed by atoms with Crippen molar-refractivity contribution >= 4 is 22.5 Å². The number of benzene rings is 2. The van der Waals surface area contributed by atoms with E-state index in [4.69, 9.17) is 9.72 Å². The zero-order chi connectivity index (χ0) is 21.2. The molecule has 4 aromatic rings. The van der Waals surface area contributed by atoms with Crippen LogP contribution in [0.3, 0.4) is 0 Å². The summed E-state index contributed by atoms with van der Waals surface area (Å²) >= 11 is 0. The van der Waals surface area contributed by atoms with Gasteiger partial charge in [0.1, 0.15) is 17.6 Å². The van der Waals surface area contributed by atoms with E-state index >= 15 is 0 Å². The number of anilines is 1. The quantitative estimate of drug-likeness (QED) is 0.434. The van der Waals surface area contributed by atoms with Crippen LogP contribution in [0.25, 0.3) is 22.2 Å². The lowest BCUT2D eigenvalue weighted by atomic mass is 10.0. The van der Waals surface area contributed by atoms with Crippen molar-refractivity contribution < 1.29 is 9.53 Å². The van der Waals surface area contributed by atoms with Gasteiger partial charge in [-0.2, -0.15) is 0 Å². The largest absolute Gasteiger partial charge is 0.469 e. The van der Waals surface area contributed by atoms with Gasteiger partial charge in [0.15, 0.2) is 5.78 Å². The number of hydrogen-bond donors (Lipinski definition) is 0.